The quantitative estimate of drug-likeness (QED) is 0.423. The molecule has 0 aliphatic carbocycles. The first-order valence-corrected chi connectivity index (χ1v) is 10.5. The second kappa shape index (κ2) is 8.37. The highest BCUT2D eigenvalue weighted by molar-refractivity contribution is 6.31. The first-order chi connectivity index (χ1) is 16.0. The number of carbonyl (C=O) groups is 2. The molecule has 0 bridgehead atoms. The summed E-state index contributed by atoms with van der Waals surface area (Å²) in [4.78, 5) is 35.1. The Hall–Kier alpha value is -4.23. The molecule has 4 aromatic rings. The van der Waals surface area contributed by atoms with Gasteiger partial charge in [-0.25, -0.2) is 14.8 Å². The van der Waals surface area contributed by atoms with Gasteiger partial charge in [-0.05, 0) is 54.6 Å². The normalized spacial score (nSPS) is 12.5. The van der Waals surface area contributed by atoms with Gasteiger partial charge in [-0.15, -0.1) is 0 Å². The molecule has 0 atom stereocenters. The average Bonchev–Trinajstić information content (AvgIpc) is 2.93. The second-order valence-corrected chi connectivity index (χ2v) is 7.91. The predicted molar refractivity (Wildman–Crippen MR) is 126 cm³/mol. The minimum Gasteiger partial charge on any atom is -0.478 e. The van der Waals surface area contributed by atoms with Gasteiger partial charge in [-0.1, -0.05) is 29.8 Å². The Morgan fingerprint density at radius 3 is 2.52 bits per heavy atom. The van der Waals surface area contributed by atoms with Gasteiger partial charge in [-0.2, -0.15) is 0 Å². The molecule has 33 heavy (non-hydrogen) atoms. The van der Waals surface area contributed by atoms with E-state index in [1.54, 1.807) is 35.4 Å². The summed E-state index contributed by atoms with van der Waals surface area (Å²) in [6.45, 7) is 0. The summed E-state index contributed by atoms with van der Waals surface area (Å²) in [6, 6.07) is 21.1. The highest BCUT2D eigenvalue weighted by Gasteiger charge is 2.28. The third kappa shape index (κ3) is 4.02. The molecule has 1 aromatic heterocycles. The van der Waals surface area contributed by atoms with Crippen molar-refractivity contribution in [1.82, 2.24) is 9.97 Å². The van der Waals surface area contributed by atoms with Crippen LogP contribution in [0.1, 0.15) is 15.9 Å². The fourth-order valence-electron chi connectivity index (χ4n) is 3.78. The number of anilines is 4. The first-order valence-electron chi connectivity index (χ1n) is 10.1. The van der Waals surface area contributed by atoms with Gasteiger partial charge in [0.1, 0.15) is 0 Å². The lowest BCUT2D eigenvalue weighted by Crippen LogP contribution is -2.26. The Balaban J connectivity index is 1.58. The molecular weight excluding hydrogens is 440 g/mol. The molecule has 0 radical (unpaired) electrons. The molecular formula is C25H17ClN4O3. The summed E-state index contributed by atoms with van der Waals surface area (Å²) >= 11 is 6.31. The Morgan fingerprint density at radius 1 is 1.03 bits per heavy atom. The molecule has 0 spiro atoms. The number of nitrogens with one attached hydrogen (secondary N) is 1. The zero-order valence-electron chi connectivity index (χ0n) is 17.2. The van der Waals surface area contributed by atoms with Gasteiger partial charge in [0.2, 0.25) is 11.9 Å². The topological polar surface area (TPSA) is 95.4 Å². The molecule has 7 nitrogen and oxygen atoms in total. The maximum absolute atomic E-state index is 13.3. The van der Waals surface area contributed by atoms with E-state index >= 15 is 0 Å². The summed E-state index contributed by atoms with van der Waals surface area (Å²) in [7, 11) is 0. The molecule has 0 saturated carbocycles. The highest BCUT2D eigenvalue weighted by Crippen LogP contribution is 2.41. The van der Waals surface area contributed by atoms with Crippen LogP contribution in [0.4, 0.5) is 23.0 Å². The van der Waals surface area contributed by atoms with Gasteiger partial charge < -0.3 is 10.4 Å². The third-order valence-electron chi connectivity index (χ3n) is 5.31. The van der Waals surface area contributed by atoms with Gasteiger partial charge in [0.25, 0.3) is 0 Å². The van der Waals surface area contributed by atoms with Crippen molar-refractivity contribution in [3.05, 3.63) is 95.1 Å². The Labute approximate surface area is 194 Å². The number of halogens is 1. The van der Waals surface area contributed by atoms with E-state index in [1.807, 2.05) is 36.4 Å². The molecule has 1 aliphatic heterocycles. The summed E-state index contributed by atoms with van der Waals surface area (Å²) < 4.78 is 0. The van der Waals surface area contributed by atoms with Crippen LogP contribution in [0.5, 0.6) is 0 Å². The van der Waals surface area contributed by atoms with Crippen LogP contribution >= 0.6 is 11.6 Å². The molecule has 2 N–H and O–H groups in total. The van der Waals surface area contributed by atoms with Crippen LogP contribution in [0.3, 0.4) is 0 Å². The number of carboxylic acids is 1. The molecule has 3 aromatic carbocycles. The maximum atomic E-state index is 13.3. The van der Waals surface area contributed by atoms with E-state index in [1.165, 1.54) is 12.1 Å². The number of aromatic nitrogens is 2. The zero-order chi connectivity index (χ0) is 22.9. The number of aromatic carboxylic acids is 1. The van der Waals surface area contributed by atoms with Crippen molar-refractivity contribution < 1.29 is 14.7 Å². The largest absolute Gasteiger partial charge is 0.478 e. The molecule has 1 aliphatic rings. The Bertz CT molecular complexity index is 1370. The number of nitrogens with zero attached hydrogens (tertiary/aromatic N) is 3. The third-order valence-corrected chi connectivity index (χ3v) is 5.55. The summed E-state index contributed by atoms with van der Waals surface area (Å²) in [5.41, 5.74) is 4.31. The number of hydrogen-bond donors (Lipinski definition) is 2. The predicted octanol–water partition coefficient (Wildman–Crippen LogP) is 5.46. The van der Waals surface area contributed by atoms with Crippen molar-refractivity contribution in [1.29, 1.82) is 0 Å². The van der Waals surface area contributed by atoms with Gasteiger partial charge in [0, 0.05) is 33.7 Å². The number of hydrogen-bond acceptors (Lipinski definition) is 5. The minimum atomic E-state index is -0.995. The lowest BCUT2D eigenvalue weighted by atomic mass is 10.0. The highest BCUT2D eigenvalue weighted by atomic mass is 35.5. The number of para-hydroxylation sites is 1. The van der Waals surface area contributed by atoms with Gasteiger partial charge in [-0.3, -0.25) is 9.69 Å². The van der Waals surface area contributed by atoms with Crippen molar-refractivity contribution in [2.45, 2.75) is 6.42 Å². The summed E-state index contributed by atoms with van der Waals surface area (Å²) in [5.74, 6) is -0.777. The zero-order valence-corrected chi connectivity index (χ0v) is 18.0. The number of carbonyl (C=O) groups excluding carboxylic acids is 1. The van der Waals surface area contributed by atoms with Crippen LogP contribution in [0.2, 0.25) is 5.02 Å². The van der Waals surface area contributed by atoms with E-state index in [9.17, 15) is 9.59 Å². The van der Waals surface area contributed by atoms with Crippen molar-refractivity contribution in [2.75, 3.05) is 10.2 Å². The average molecular weight is 457 g/mol. The molecule has 8 heteroatoms. The number of fused-ring (bicyclic) bond motifs is 3. The number of carboxylic acid groups (broad SMARTS) is 1. The van der Waals surface area contributed by atoms with Crippen LogP contribution in [-0.2, 0) is 11.2 Å². The van der Waals surface area contributed by atoms with Crippen molar-refractivity contribution in [3.63, 3.8) is 0 Å². The van der Waals surface area contributed by atoms with Crippen LogP contribution < -0.4 is 10.2 Å². The Kier molecular flexibility index (Phi) is 5.24. The molecule has 5 rings (SSSR count). The Morgan fingerprint density at radius 2 is 1.79 bits per heavy atom. The van der Waals surface area contributed by atoms with Crippen molar-refractivity contribution in [3.8, 4) is 11.3 Å². The first kappa shape index (κ1) is 20.7. The molecule has 1 amide bonds. The standard InChI is InChI=1S/C25H17ClN4O3/c26-17-8-11-20-21(13-17)30(19-4-2-1-3-5-19)22(31)12-16-14-27-25(29-23(16)20)28-18-9-6-15(7-10-18)24(32)33/h1-11,13-14H,12H2,(H,32,33)(H,27,28,29). The van der Waals surface area contributed by atoms with Gasteiger partial charge >= 0.3 is 5.97 Å². The van der Waals surface area contributed by atoms with Crippen LogP contribution in [0.15, 0.2) is 79.0 Å². The summed E-state index contributed by atoms with van der Waals surface area (Å²) in [6.07, 6.45) is 1.77. The fourth-order valence-corrected chi connectivity index (χ4v) is 3.95. The summed E-state index contributed by atoms with van der Waals surface area (Å²) in [5, 5.41) is 12.7. The van der Waals surface area contributed by atoms with E-state index in [-0.39, 0.29) is 17.9 Å². The van der Waals surface area contributed by atoms with Crippen LogP contribution in [0.25, 0.3) is 11.3 Å². The lowest BCUT2D eigenvalue weighted by Gasteiger charge is -2.23. The second-order valence-electron chi connectivity index (χ2n) is 7.48. The van der Waals surface area contributed by atoms with E-state index in [4.69, 9.17) is 21.7 Å². The smallest absolute Gasteiger partial charge is 0.335 e. The molecule has 0 unspecified atom stereocenters. The lowest BCUT2D eigenvalue weighted by molar-refractivity contribution is -0.117. The van der Waals surface area contributed by atoms with E-state index in [2.05, 4.69) is 10.3 Å². The van der Waals surface area contributed by atoms with E-state index in [0.717, 1.165) is 11.3 Å². The maximum Gasteiger partial charge on any atom is 0.335 e. The molecule has 2 heterocycles. The van der Waals surface area contributed by atoms with Crippen LogP contribution in [-0.4, -0.2) is 27.0 Å². The van der Waals surface area contributed by atoms with Gasteiger partial charge in [0.15, 0.2) is 0 Å². The van der Waals surface area contributed by atoms with Crippen molar-refractivity contribution in [2.24, 2.45) is 0 Å². The molecule has 0 fully saturated rings. The van der Waals surface area contributed by atoms with Gasteiger partial charge in [0.05, 0.1) is 23.4 Å². The van der Waals surface area contributed by atoms with E-state index < -0.39 is 5.97 Å². The monoisotopic (exact) mass is 456 g/mol. The number of rotatable bonds is 4. The van der Waals surface area contributed by atoms with Crippen molar-refractivity contribution >= 4 is 46.5 Å². The van der Waals surface area contributed by atoms with E-state index in [0.29, 0.717) is 33.6 Å². The molecule has 162 valence electrons. The number of amides is 1. The SMILES string of the molecule is O=C(O)c1ccc(Nc2ncc3c(n2)-c2ccc(Cl)cc2N(c2ccccc2)C(=O)C3)cc1. The van der Waals surface area contributed by atoms with Crippen LogP contribution in [0, 0.1) is 0 Å². The minimum absolute atomic E-state index is 0.114. The number of benzene rings is 3. The fraction of sp³-hybridized carbons (Fsp3) is 0.0400. The molecule has 0 saturated heterocycles.